The second-order valence-electron chi connectivity index (χ2n) is 6.57. The van der Waals surface area contributed by atoms with E-state index < -0.39 is 6.29 Å². The summed E-state index contributed by atoms with van der Waals surface area (Å²) in [5, 5.41) is 13.4. The van der Waals surface area contributed by atoms with E-state index in [1.807, 2.05) is 13.8 Å². The maximum absolute atomic E-state index is 12.3. The Morgan fingerprint density at radius 1 is 1.32 bits per heavy atom. The molecule has 2 unspecified atom stereocenters. The van der Waals surface area contributed by atoms with E-state index in [4.69, 9.17) is 9.47 Å². The second-order valence-corrected chi connectivity index (χ2v) is 6.57. The molecule has 1 aliphatic rings. The first-order chi connectivity index (χ1) is 13.5. The van der Waals surface area contributed by atoms with Crippen molar-refractivity contribution in [3.63, 3.8) is 0 Å². The van der Waals surface area contributed by atoms with Crippen LogP contribution in [-0.2, 0) is 9.59 Å². The maximum Gasteiger partial charge on any atom is 0.263 e. The van der Waals surface area contributed by atoms with Crippen LogP contribution < -0.4 is 25.4 Å². The lowest BCUT2D eigenvalue weighted by atomic mass is 10.1. The third-order valence-corrected chi connectivity index (χ3v) is 4.42. The smallest absolute Gasteiger partial charge is 0.263 e. The van der Waals surface area contributed by atoms with Crippen molar-refractivity contribution in [2.75, 3.05) is 19.0 Å². The standard InChI is InChI=1S/C19H25N5O4/c1-4-13-10-17(25)22-19(20-13)24-16(9-12(2)23-24)21-18(26)11-28-15-7-5-14(27-3)6-8-15/h5-9,13,19-20H,4,10-11H2,1-3H3,(H,21,26)(H,22,25). The van der Waals surface area contributed by atoms with Gasteiger partial charge in [-0.2, -0.15) is 5.10 Å². The zero-order valence-corrected chi connectivity index (χ0v) is 16.2. The van der Waals surface area contributed by atoms with Crippen LogP contribution in [0, 0.1) is 6.92 Å². The number of aryl methyl sites for hydroxylation is 1. The average molecular weight is 387 g/mol. The Bertz CT molecular complexity index is 833. The number of hydrogen-bond donors (Lipinski definition) is 3. The van der Waals surface area contributed by atoms with Gasteiger partial charge in [0.05, 0.1) is 12.8 Å². The van der Waals surface area contributed by atoms with Crippen molar-refractivity contribution in [2.24, 2.45) is 0 Å². The van der Waals surface area contributed by atoms with Crippen molar-refractivity contribution in [1.82, 2.24) is 20.4 Å². The molecule has 1 aliphatic heterocycles. The normalized spacial score (nSPS) is 19.0. The van der Waals surface area contributed by atoms with E-state index in [-0.39, 0.29) is 24.5 Å². The fraction of sp³-hybridized carbons (Fsp3) is 0.421. The molecule has 3 N–H and O–H groups in total. The van der Waals surface area contributed by atoms with Gasteiger partial charge in [-0.1, -0.05) is 6.92 Å². The minimum atomic E-state index is -0.516. The molecule has 9 heteroatoms. The molecule has 2 amide bonds. The topological polar surface area (TPSA) is 107 Å². The third-order valence-electron chi connectivity index (χ3n) is 4.42. The number of hydrogen-bond acceptors (Lipinski definition) is 6. The van der Waals surface area contributed by atoms with Gasteiger partial charge >= 0.3 is 0 Å². The molecule has 0 aliphatic carbocycles. The van der Waals surface area contributed by atoms with Crippen LogP contribution in [0.5, 0.6) is 11.5 Å². The monoisotopic (exact) mass is 387 g/mol. The van der Waals surface area contributed by atoms with Gasteiger partial charge in [0, 0.05) is 18.5 Å². The number of aromatic nitrogens is 2. The number of methoxy groups -OCH3 is 1. The second kappa shape index (κ2) is 8.75. The number of anilines is 1. The van der Waals surface area contributed by atoms with E-state index >= 15 is 0 Å². The fourth-order valence-electron chi connectivity index (χ4n) is 2.96. The van der Waals surface area contributed by atoms with Crippen LogP contribution in [0.15, 0.2) is 30.3 Å². The molecule has 150 valence electrons. The number of carbonyl (C=O) groups is 2. The number of carbonyl (C=O) groups excluding carboxylic acids is 2. The van der Waals surface area contributed by atoms with Crippen molar-refractivity contribution in [3.8, 4) is 11.5 Å². The van der Waals surface area contributed by atoms with Crippen molar-refractivity contribution in [2.45, 2.75) is 39.0 Å². The van der Waals surface area contributed by atoms with E-state index in [0.29, 0.717) is 23.7 Å². The molecular weight excluding hydrogens is 362 g/mol. The summed E-state index contributed by atoms with van der Waals surface area (Å²) >= 11 is 0. The SMILES string of the molecule is CCC1CC(=O)NC(n2nc(C)cc2NC(=O)COc2ccc(OC)cc2)N1. The fourth-order valence-corrected chi connectivity index (χ4v) is 2.96. The highest BCUT2D eigenvalue weighted by Crippen LogP contribution is 2.19. The molecule has 0 spiro atoms. The molecule has 0 bridgehead atoms. The van der Waals surface area contributed by atoms with Crippen LogP contribution in [0.4, 0.5) is 5.82 Å². The van der Waals surface area contributed by atoms with Crippen LogP contribution in [0.1, 0.15) is 31.7 Å². The van der Waals surface area contributed by atoms with Gasteiger partial charge in [-0.15, -0.1) is 0 Å². The lowest BCUT2D eigenvalue weighted by molar-refractivity contribution is -0.125. The van der Waals surface area contributed by atoms with E-state index in [1.54, 1.807) is 42.1 Å². The third kappa shape index (κ3) is 4.80. The Morgan fingerprint density at radius 2 is 2.04 bits per heavy atom. The molecule has 1 saturated heterocycles. The highest BCUT2D eigenvalue weighted by atomic mass is 16.5. The van der Waals surface area contributed by atoms with Crippen LogP contribution in [-0.4, -0.2) is 41.4 Å². The lowest BCUT2D eigenvalue weighted by Gasteiger charge is -2.31. The molecule has 9 nitrogen and oxygen atoms in total. The van der Waals surface area contributed by atoms with Gasteiger partial charge in [-0.05, 0) is 37.6 Å². The molecule has 0 saturated carbocycles. The van der Waals surface area contributed by atoms with Crippen LogP contribution >= 0.6 is 0 Å². The van der Waals surface area contributed by atoms with Crippen LogP contribution in [0.2, 0.25) is 0 Å². The van der Waals surface area contributed by atoms with Gasteiger partial charge in [0.1, 0.15) is 17.3 Å². The first-order valence-corrected chi connectivity index (χ1v) is 9.16. The summed E-state index contributed by atoms with van der Waals surface area (Å²) in [6.07, 6.45) is 0.726. The number of ether oxygens (including phenoxy) is 2. The highest BCUT2D eigenvalue weighted by molar-refractivity contribution is 5.91. The maximum atomic E-state index is 12.3. The Balaban J connectivity index is 1.63. The number of benzene rings is 1. The molecule has 1 aromatic carbocycles. The summed E-state index contributed by atoms with van der Waals surface area (Å²) < 4.78 is 12.2. The van der Waals surface area contributed by atoms with Crippen molar-refractivity contribution >= 4 is 17.6 Å². The zero-order valence-electron chi connectivity index (χ0n) is 16.2. The molecule has 1 fully saturated rings. The van der Waals surface area contributed by atoms with E-state index in [2.05, 4.69) is 21.0 Å². The molecule has 1 aromatic heterocycles. The Labute approximate surface area is 163 Å². The molecular formula is C19H25N5O4. The summed E-state index contributed by atoms with van der Waals surface area (Å²) in [6, 6.07) is 8.78. The molecule has 2 heterocycles. The van der Waals surface area contributed by atoms with Gasteiger partial charge in [0.15, 0.2) is 12.9 Å². The van der Waals surface area contributed by atoms with Gasteiger partial charge < -0.3 is 20.1 Å². The molecule has 3 rings (SSSR count). The first-order valence-electron chi connectivity index (χ1n) is 9.16. The zero-order chi connectivity index (χ0) is 20.1. The highest BCUT2D eigenvalue weighted by Gasteiger charge is 2.28. The minimum absolute atomic E-state index is 0.0520. The van der Waals surface area contributed by atoms with Gasteiger partial charge in [-0.25, -0.2) is 4.68 Å². The summed E-state index contributed by atoms with van der Waals surface area (Å²) in [6.45, 7) is 3.68. The van der Waals surface area contributed by atoms with Crippen molar-refractivity contribution in [1.29, 1.82) is 0 Å². The Morgan fingerprint density at radius 3 is 2.71 bits per heavy atom. The predicted octanol–water partition coefficient (Wildman–Crippen LogP) is 1.56. The number of nitrogens with zero attached hydrogens (tertiary/aromatic N) is 2. The summed E-state index contributed by atoms with van der Waals surface area (Å²) in [5.74, 6) is 1.38. The molecule has 0 radical (unpaired) electrons. The van der Waals surface area contributed by atoms with Crippen LogP contribution in [0.25, 0.3) is 0 Å². The summed E-state index contributed by atoms with van der Waals surface area (Å²) in [5.41, 5.74) is 0.723. The Kier molecular flexibility index (Phi) is 6.15. The number of nitrogens with one attached hydrogen (secondary N) is 3. The van der Waals surface area contributed by atoms with Crippen molar-refractivity contribution in [3.05, 3.63) is 36.0 Å². The predicted molar refractivity (Wildman–Crippen MR) is 103 cm³/mol. The number of rotatable bonds is 7. The number of amides is 2. The first kappa shape index (κ1) is 19.7. The van der Waals surface area contributed by atoms with Gasteiger partial charge in [-0.3, -0.25) is 14.9 Å². The molecule has 2 atom stereocenters. The summed E-state index contributed by atoms with van der Waals surface area (Å²) in [7, 11) is 1.58. The van der Waals surface area contributed by atoms with E-state index in [9.17, 15) is 9.59 Å². The summed E-state index contributed by atoms with van der Waals surface area (Å²) in [4.78, 5) is 24.3. The van der Waals surface area contributed by atoms with Crippen molar-refractivity contribution < 1.29 is 19.1 Å². The average Bonchev–Trinajstić information content (AvgIpc) is 3.06. The van der Waals surface area contributed by atoms with E-state index in [1.165, 1.54) is 0 Å². The Hall–Kier alpha value is -3.07. The van der Waals surface area contributed by atoms with Gasteiger partial charge in [0.2, 0.25) is 5.91 Å². The molecule has 28 heavy (non-hydrogen) atoms. The van der Waals surface area contributed by atoms with Crippen LogP contribution in [0.3, 0.4) is 0 Å². The lowest BCUT2D eigenvalue weighted by Crippen LogP contribution is -2.53. The minimum Gasteiger partial charge on any atom is -0.497 e. The van der Waals surface area contributed by atoms with E-state index in [0.717, 1.165) is 12.1 Å². The largest absolute Gasteiger partial charge is 0.497 e. The van der Waals surface area contributed by atoms with Gasteiger partial charge in [0.25, 0.3) is 5.91 Å². The quantitative estimate of drug-likeness (QED) is 0.666. The molecule has 2 aromatic rings.